The van der Waals surface area contributed by atoms with E-state index in [2.05, 4.69) is 15.0 Å². The van der Waals surface area contributed by atoms with Crippen molar-refractivity contribution in [1.82, 2.24) is 19.5 Å². The number of fused-ring (bicyclic) bond motifs is 1. The van der Waals surface area contributed by atoms with Crippen LogP contribution in [-0.4, -0.2) is 31.6 Å². The molecular weight excluding hydrogens is 407 g/mol. The van der Waals surface area contributed by atoms with E-state index in [0.717, 1.165) is 18.2 Å². The first-order valence-corrected chi connectivity index (χ1v) is 8.96. The summed E-state index contributed by atoms with van der Waals surface area (Å²) in [5.41, 5.74) is 4.56. The molecule has 2 aromatic heterocycles. The van der Waals surface area contributed by atoms with E-state index in [4.69, 9.17) is 15.2 Å². The molecule has 2 atom stereocenters. The zero-order valence-electron chi connectivity index (χ0n) is 15.3. The summed E-state index contributed by atoms with van der Waals surface area (Å²) in [5, 5.41) is 0. The summed E-state index contributed by atoms with van der Waals surface area (Å²) >= 11 is 0. The van der Waals surface area contributed by atoms with Gasteiger partial charge in [0.2, 0.25) is 5.95 Å². The third kappa shape index (κ3) is 3.99. The van der Waals surface area contributed by atoms with Crippen LogP contribution in [0.2, 0.25) is 0 Å². The van der Waals surface area contributed by atoms with Gasteiger partial charge < -0.3 is 15.2 Å². The van der Waals surface area contributed by atoms with Gasteiger partial charge in [0.1, 0.15) is 12.0 Å². The van der Waals surface area contributed by atoms with Crippen molar-refractivity contribution in [1.29, 1.82) is 0 Å². The first-order valence-electron chi connectivity index (χ1n) is 8.96. The fraction of sp³-hybridized carbons (Fsp3) is 0.333. The second kappa shape index (κ2) is 7.44. The lowest BCUT2D eigenvalue weighted by atomic mass is 10.2. The second-order valence-corrected chi connectivity index (χ2v) is 6.77. The molecule has 0 spiro atoms. The summed E-state index contributed by atoms with van der Waals surface area (Å²) in [5.74, 6) is -0.966. The third-order valence-electron chi connectivity index (χ3n) is 4.63. The number of aromatic nitrogens is 4. The number of hydrogen-bond acceptors (Lipinski definition) is 7. The Morgan fingerprint density at radius 1 is 1.37 bits per heavy atom. The van der Waals surface area contributed by atoms with E-state index in [1.165, 1.54) is 12.4 Å². The summed E-state index contributed by atoms with van der Waals surface area (Å²) < 4.78 is 50.7. The highest BCUT2D eigenvalue weighted by Crippen LogP contribution is 2.33. The van der Waals surface area contributed by atoms with Crippen molar-refractivity contribution >= 4 is 23.1 Å². The molecule has 9 nitrogen and oxygen atoms in total. The molecule has 158 valence electrons. The second-order valence-electron chi connectivity index (χ2n) is 6.77. The zero-order chi connectivity index (χ0) is 21.5. The highest BCUT2D eigenvalue weighted by molar-refractivity contribution is 5.73. The van der Waals surface area contributed by atoms with Crippen LogP contribution in [0.5, 0.6) is 5.75 Å². The number of ether oxygens (including phenoxy) is 2. The maximum Gasteiger partial charge on any atom is 0.416 e. The first-order chi connectivity index (χ1) is 14.2. The van der Waals surface area contributed by atoms with Crippen LogP contribution in [0, 0.1) is 0 Å². The van der Waals surface area contributed by atoms with Gasteiger partial charge in [-0.25, -0.2) is 4.98 Å². The quantitative estimate of drug-likeness (QED) is 0.488. The van der Waals surface area contributed by atoms with E-state index >= 15 is 0 Å². The molecule has 3 heterocycles. The van der Waals surface area contributed by atoms with Gasteiger partial charge in [0, 0.05) is 0 Å². The highest BCUT2D eigenvalue weighted by atomic mass is 19.4. The number of nitrogens with zero attached hydrogens (tertiary/aromatic N) is 3. The molecular formula is C18H16F3N5O4. The number of imidazole rings is 1. The lowest BCUT2D eigenvalue weighted by Crippen LogP contribution is -2.19. The van der Waals surface area contributed by atoms with Crippen LogP contribution in [-0.2, 0) is 15.7 Å². The van der Waals surface area contributed by atoms with Crippen LogP contribution in [0.1, 0.15) is 31.1 Å². The molecule has 0 bridgehead atoms. The summed E-state index contributed by atoms with van der Waals surface area (Å²) in [4.78, 5) is 34.5. The van der Waals surface area contributed by atoms with E-state index in [1.54, 1.807) is 4.57 Å². The van der Waals surface area contributed by atoms with Crippen molar-refractivity contribution in [2.24, 2.45) is 0 Å². The Kier molecular flexibility index (Phi) is 4.94. The maximum atomic E-state index is 12.8. The highest BCUT2D eigenvalue weighted by Gasteiger charge is 2.32. The molecule has 1 fully saturated rings. The smallest absolute Gasteiger partial charge is 0.416 e. The fourth-order valence-electron chi connectivity index (χ4n) is 3.29. The minimum Gasteiger partial charge on any atom is -0.426 e. The standard InChI is InChI=1S/C18H16F3N5O4/c19-18(20,21)9-2-1-3-10(6-9)30-13(27)7-11-4-5-12(29-11)26-8-23-14-15(26)24-17(22)25-16(14)28/h1-3,6,8,11-12H,4-5,7H2,(H3,22,24,25,28)/t11-,12+/m0/s1. The van der Waals surface area contributed by atoms with Gasteiger partial charge in [-0.2, -0.15) is 18.2 Å². The van der Waals surface area contributed by atoms with Crippen molar-refractivity contribution in [3.63, 3.8) is 0 Å². The summed E-state index contributed by atoms with van der Waals surface area (Å²) in [6.45, 7) is 0. The number of aromatic amines is 1. The van der Waals surface area contributed by atoms with Crippen LogP contribution < -0.4 is 16.0 Å². The number of nitrogens with two attached hydrogens (primary N) is 1. The number of carbonyl (C=O) groups is 1. The predicted octanol–water partition coefficient (Wildman–Crippen LogP) is 2.39. The molecule has 3 aromatic rings. The number of alkyl halides is 3. The predicted molar refractivity (Wildman–Crippen MR) is 97.4 cm³/mol. The van der Waals surface area contributed by atoms with Crippen molar-refractivity contribution < 1.29 is 27.4 Å². The van der Waals surface area contributed by atoms with Crippen LogP contribution in [0.25, 0.3) is 11.2 Å². The average molecular weight is 423 g/mol. The number of H-pyrrole nitrogens is 1. The number of carbonyl (C=O) groups excluding carboxylic acids is 1. The number of benzene rings is 1. The first kappa shape index (κ1) is 19.9. The lowest BCUT2D eigenvalue weighted by Gasteiger charge is -2.15. The van der Waals surface area contributed by atoms with Gasteiger partial charge in [-0.05, 0) is 31.0 Å². The van der Waals surface area contributed by atoms with Crippen molar-refractivity contribution in [3.8, 4) is 5.75 Å². The summed E-state index contributed by atoms with van der Waals surface area (Å²) in [6.07, 6.45) is -3.28. The molecule has 4 rings (SSSR count). The Hall–Kier alpha value is -3.41. The summed E-state index contributed by atoms with van der Waals surface area (Å²) in [7, 11) is 0. The number of nitrogens with one attached hydrogen (secondary N) is 1. The average Bonchev–Trinajstić information content (AvgIpc) is 3.28. The van der Waals surface area contributed by atoms with E-state index in [1.807, 2.05) is 0 Å². The topological polar surface area (TPSA) is 125 Å². The van der Waals surface area contributed by atoms with E-state index in [-0.39, 0.29) is 29.3 Å². The Labute approximate surface area is 166 Å². The largest absolute Gasteiger partial charge is 0.426 e. The SMILES string of the molecule is Nc1nc2c(ncn2[C@H]2CC[C@@H](CC(=O)Oc3cccc(C(F)(F)F)c3)O2)c(=O)[nH]1. The van der Waals surface area contributed by atoms with Gasteiger partial charge in [0.25, 0.3) is 5.56 Å². The number of hydrogen-bond donors (Lipinski definition) is 2. The molecule has 0 radical (unpaired) electrons. The molecule has 30 heavy (non-hydrogen) atoms. The van der Waals surface area contributed by atoms with Crippen LogP contribution in [0.15, 0.2) is 35.4 Å². The minimum absolute atomic E-state index is 0.0616. The van der Waals surface area contributed by atoms with Crippen molar-refractivity contribution in [2.75, 3.05) is 5.73 Å². The molecule has 12 heteroatoms. The van der Waals surface area contributed by atoms with Gasteiger partial charge in [-0.15, -0.1) is 0 Å². The lowest BCUT2D eigenvalue weighted by molar-refractivity contribution is -0.140. The molecule has 0 unspecified atom stereocenters. The molecule has 0 aliphatic carbocycles. The minimum atomic E-state index is -4.53. The Morgan fingerprint density at radius 3 is 2.93 bits per heavy atom. The monoisotopic (exact) mass is 423 g/mol. The van der Waals surface area contributed by atoms with E-state index in [9.17, 15) is 22.8 Å². The van der Waals surface area contributed by atoms with Crippen LogP contribution in [0.3, 0.4) is 0 Å². The normalized spacial score (nSPS) is 19.3. The Bertz CT molecular complexity index is 1160. The van der Waals surface area contributed by atoms with E-state index < -0.39 is 35.6 Å². The fourth-order valence-corrected chi connectivity index (χ4v) is 3.29. The van der Waals surface area contributed by atoms with Gasteiger partial charge >= 0.3 is 12.1 Å². The van der Waals surface area contributed by atoms with Gasteiger partial charge in [0.05, 0.1) is 24.4 Å². The van der Waals surface area contributed by atoms with Crippen molar-refractivity contribution in [2.45, 2.75) is 37.8 Å². The number of halogens is 3. The van der Waals surface area contributed by atoms with Gasteiger partial charge in [0.15, 0.2) is 11.2 Å². The van der Waals surface area contributed by atoms with Gasteiger partial charge in [-0.3, -0.25) is 19.1 Å². The number of nitrogen functional groups attached to an aromatic ring is 1. The summed E-state index contributed by atoms with van der Waals surface area (Å²) in [6, 6.07) is 4.10. The molecule has 1 aliphatic heterocycles. The van der Waals surface area contributed by atoms with Gasteiger partial charge in [-0.1, -0.05) is 6.07 Å². The number of anilines is 1. The zero-order valence-corrected chi connectivity index (χ0v) is 15.3. The third-order valence-corrected chi connectivity index (χ3v) is 4.63. The molecule has 0 amide bonds. The number of esters is 1. The number of rotatable bonds is 4. The molecule has 1 saturated heterocycles. The maximum absolute atomic E-state index is 12.8. The molecule has 0 saturated carbocycles. The van der Waals surface area contributed by atoms with Crippen molar-refractivity contribution in [3.05, 3.63) is 46.5 Å². The van der Waals surface area contributed by atoms with E-state index in [0.29, 0.717) is 12.8 Å². The Balaban J connectivity index is 1.41. The van der Waals surface area contributed by atoms with Crippen LogP contribution in [0.4, 0.5) is 19.1 Å². The Morgan fingerprint density at radius 2 is 2.17 bits per heavy atom. The molecule has 1 aliphatic rings. The molecule has 3 N–H and O–H groups in total. The molecule has 1 aromatic carbocycles. The van der Waals surface area contributed by atoms with Crippen LogP contribution >= 0.6 is 0 Å².